The Bertz CT molecular complexity index is 120. The van der Waals surface area contributed by atoms with Gasteiger partial charge in [0.05, 0.1) is 0 Å². The molecular formula is C12H21. The summed E-state index contributed by atoms with van der Waals surface area (Å²) in [7, 11) is 0. The van der Waals surface area contributed by atoms with Crippen molar-refractivity contribution in [3.05, 3.63) is 24.3 Å². The summed E-state index contributed by atoms with van der Waals surface area (Å²) in [6.07, 6.45) is 17.3. The van der Waals surface area contributed by atoms with E-state index in [2.05, 4.69) is 25.2 Å². The predicted molar refractivity (Wildman–Crippen MR) is 56.0 cm³/mol. The molecule has 0 heteroatoms. The lowest BCUT2D eigenvalue weighted by Crippen LogP contribution is -1.75. The monoisotopic (exact) mass is 165 g/mol. The Morgan fingerprint density at radius 3 is 2.50 bits per heavy atom. The van der Waals surface area contributed by atoms with Gasteiger partial charge in [-0.25, -0.2) is 0 Å². The third-order valence-electron chi connectivity index (χ3n) is 1.87. The lowest BCUT2D eigenvalue weighted by atomic mass is 10.1. The quantitative estimate of drug-likeness (QED) is 0.390. The fourth-order valence-corrected chi connectivity index (χ4v) is 1.13. The molecule has 0 N–H and O–H groups in total. The van der Waals surface area contributed by atoms with Crippen molar-refractivity contribution in [1.29, 1.82) is 0 Å². The molecule has 0 aromatic heterocycles. The second-order valence-electron chi connectivity index (χ2n) is 3.09. The molecule has 0 unspecified atom stereocenters. The summed E-state index contributed by atoms with van der Waals surface area (Å²) in [6.45, 7) is 4.17. The summed E-state index contributed by atoms with van der Waals surface area (Å²) in [6, 6.07) is 0. The van der Waals surface area contributed by atoms with Crippen LogP contribution in [0, 0.1) is 6.08 Å². The zero-order valence-corrected chi connectivity index (χ0v) is 8.47. The van der Waals surface area contributed by atoms with Crippen molar-refractivity contribution >= 4 is 0 Å². The maximum absolute atomic E-state index is 2.97. The zero-order chi connectivity index (χ0) is 9.07. The van der Waals surface area contributed by atoms with Crippen LogP contribution in [0.25, 0.3) is 0 Å². The average Bonchev–Trinajstić information content (AvgIpc) is 2.10. The highest BCUT2D eigenvalue weighted by atomic mass is 13.9. The lowest BCUT2D eigenvalue weighted by molar-refractivity contribution is 0.637. The van der Waals surface area contributed by atoms with Crippen molar-refractivity contribution in [2.75, 3.05) is 0 Å². The van der Waals surface area contributed by atoms with Crippen LogP contribution in [0.1, 0.15) is 52.4 Å². The summed E-state index contributed by atoms with van der Waals surface area (Å²) in [4.78, 5) is 0. The Kier molecular flexibility index (Phi) is 10.0. The van der Waals surface area contributed by atoms with Crippen molar-refractivity contribution < 1.29 is 0 Å². The number of hydrogen-bond acceptors (Lipinski definition) is 0. The van der Waals surface area contributed by atoms with Crippen LogP contribution in [-0.2, 0) is 0 Å². The van der Waals surface area contributed by atoms with Crippen molar-refractivity contribution in [3.8, 4) is 0 Å². The van der Waals surface area contributed by atoms with E-state index in [0.717, 1.165) is 0 Å². The Labute approximate surface area is 77.4 Å². The minimum Gasteiger partial charge on any atom is -0.0845 e. The maximum Gasteiger partial charge on any atom is -0.0348 e. The molecule has 0 spiro atoms. The van der Waals surface area contributed by atoms with Crippen molar-refractivity contribution in [2.24, 2.45) is 0 Å². The molecule has 0 aliphatic carbocycles. The molecule has 0 aromatic rings. The van der Waals surface area contributed by atoms with Gasteiger partial charge < -0.3 is 0 Å². The van der Waals surface area contributed by atoms with E-state index in [9.17, 15) is 0 Å². The van der Waals surface area contributed by atoms with Gasteiger partial charge in [-0.1, -0.05) is 50.8 Å². The highest BCUT2D eigenvalue weighted by Gasteiger charge is 1.85. The van der Waals surface area contributed by atoms with Crippen LogP contribution in [0.2, 0.25) is 0 Å². The summed E-state index contributed by atoms with van der Waals surface area (Å²) >= 11 is 0. The number of allylic oxidation sites excluding steroid dienone is 4. The van der Waals surface area contributed by atoms with E-state index < -0.39 is 0 Å². The van der Waals surface area contributed by atoms with E-state index >= 15 is 0 Å². The van der Waals surface area contributed by atoms with Gasteiger partial charge in [0.15, 0.2) is 0 Å². The van der Waals surface area contributed by atoms with E-state index in [-0.39, 0.29) is 0 Å². The molecular weight excluding hydrogens is 144 g/mol. The molecule has 0 rings (SSSR count). The van der Waals surface area contributed by atoms with Gasteiger partial charge in [0.1, 0.15) is 0 Å². The van der Waals surface area contributed by atoms with Crippen molar-refractivity contribution in [2.45, 2.75) is 52.4 Å². The lowest BCUT2D eigenvalue weighted by Gasteiger charge is -1.95. The van der Waals surface area contributed by atoms with Gasteiger partial charge in [-0.05, 0) is 25.8 Å². The first-order valence-corrected chi connectivity index (χ1v) is 5.07. The highest BCUT2D eigenvalue weighted by Crippen LogP contribution is 2.05. The SMILES string of the molecule is C/[C]=C/C=CCCCCCCC. The van der Waals surface area contributed by atoms with Crippen molar-refractivity contribution in [3.63, 3.8) is 0 Å². The standard InChI is InChI=1S/C12H21/c1-3-5-7-9-11-12-10-8-6-4-2/h6,8,10H,3,5,7,9,11-12H2,1-2H3. The molecule has 0 saturated heterocycles. The summed E-state index contributed by atoms with van der Waals surface area (Å²) in [5.74, 6) is 0. The fourth-order valence-electron chi connectivity index (χ4n) is 1.13. The van der Waals surface area contributed by atoms with Gasteiger partial charge in [-0.15, -0.1) is 0 Å². The highest BCUT2D eigenvalue weighted by molar-refractivity contribution is 4.97. The zero-order valence-electron chi connectivity index (χ0n) is 8.47. The molecule has 0 bridgehead atoms. The molecule has 1 radical (unpaired) electrons. The van der Waals surface area contributed by atoms with E-state index in [1.54, 1.807) is 0 Å². The number of hydrogen-bond donors (Lipinski definition) is 0. The van der Waals surface area contributed by atoms with Crippen LogP contribution in [-0.4, -0.2) is 0 Å². The number of rotatable bonds is 7. The van der Waals surface area contributed by atoms with Crippen LogP contribution in [0.4, 0.5) is 0 Å². The predicted octanol–water partition coefficient (Wildman–Crippen LogP) is 4.28. The van der Waals surface area contributed by atoms with Crippen LogP contribution >= 0.6 is 0 Å². The first-order valence-electron chi connectivity index (χ1n) is 5.07. The molecule has 0 atom stereocenters. The van der Waals surface area contributed by atoms with Crippen molar-refractivity contribution in [1.82, 2.24) is 0 Å². The van der Waals surface area contributed by atoms with Gasteiger partial charge in [0, 0.05) is 0 Å². The molecule has 0 aliphatic heterocycles. The minimum atomic E-state index is 1.22. The van der Waals surface area contributed by atoms with E-state index in [1.165, 1.54) is 38.5 Å². The molecule has 0 fully saturated rings. The molecule has 0 heterocycles. The Hall–Kier alpha value is -0.520. The maximum atomic E-state index is 2.97. The third kappa shape index (κ3) is 9.48. The van der Waals surface area contributed by atoms with Gasteiger partial charge in [-0.2, -0.15) is 0 Å². The van der Waals surface area contributed by atoms with Gasteiger partial charge in [-0.3, -0.25) is 0 Å². The van der Waals surface area contributed by atoms with Gasteiger partial charge in [0.25, 0.3) is 0 Å². The first-order chi connectivity index (χ1) is 5.91. The average molecular weight is 165 g/mol. The van der Waals surface area contributed by atoms with Crippen LogP contribution in [0.3, 0.4) is 0 Å². The Morgan fingerprint density at radius 2 is 1.83 bits per heavy atom. The summed E-state index contributed by atoms with van der Waals surface area (Å²) < 4.78 is 0. The van der Waals surface area contributed by atoms with E-state index in [1.807, 2.05) is 13.0 Å². The minimum absolute atomic E-state index is 1.22. The third-order valence-corrected chi connectivity index (χ3v) is 1.87. The molecule has 0 amide bonds. The van der Waals surface area contributed by atoms with Crippen LogP contribution in [0.5, 0.6) is 0 Å². The summed E-state index contributed by atoms with van der Waals surface area (Å²) in [5.41, 5.74) is 0. The number of unbranched alkanes of at least 4 members (excludes halogenated alkanes) is 5. The topological polar surface area (TPSA) is 0 Å². The van der Waals surface area contributed by atoms with Gasteiger partial charge >= 0.3 is 0 Å². The Morgan fingerprint density at radius 1 is 1.08 bits per heavy atom. The van der Waals surface area contributed by atoms with Gasteiger partial charge in [0.2, 0.25) is 0 Å². The Balaban J connectivity index is 3.00. The molecule has 0 aliphatic rings. The summed E-state index contributed by atoms with van der Waals surface area (Å²) in [5, 5.41) is 0. The first kappa shape index (κ1) is 11.5. The largest absolute Gasteiger partial charge is 0.0845 e. The van der Waals surface area contributed by atoms with E-state index in [0.29, 0.717) is 0 Å². The van der Waals surface area contributed by atoms with Crippen LogP contribution in [0.15, 0.2) is 18.2 Å². The second kappa shape index (κ2) is 10.5. The fraction of sp³-hybridized carbons (Fsp3) is 0.667. The second-order valence-corrected chi connectivity index (χ2v) is 3.09. The molecule has 0 saturated carbocycles. The molecule has 0 nitrogen and oxygen atoms in total. The van der Waals surface area contributed by atoms with Crippen LogP contribution < -0.4 is 0 Å². The molecule has 69 valence electrons. The molecule has 0 aromatic carbocycles. The van der Waals surface area contributed by atoms with E-state index in [4.69, 9.17) is 0 Å². The molecule has 12 heavy (non-hydrogen) atoms. The smallest absolute Gasteiger partial charge is 0.0348 e. The normalized spacial score (nSPS) is 11.8.